The third-order valence-electron chi connectivity index (χ3n) is 3.75. The van der Waals surface area contributed by atoms with Crippen LogP contribution in [0.4, 0.5) is 5.82 Å². The molecule has 7 nitrogen and oxygen atoms in total. The van der Waals surface area contributed by atoms with Crippen molar-refractivity contribution in [3.05, 3.63) is 42.0 Å². The fourth-order valence-corrected chi connectivity index (χ4v) is 3.44. The Morgan fingerprint density at radius 2 is 1.88 bits per heavy atom. The highest BCUT2D eigenvalue weighted by atomic mass is 32.1. The highest BCUT2D eigenvalue weighted by Gasteiger charge is 2.12. The fraction of sp³-hybridized carbons (Fsp3) is 0.222. The van der Waals surface area contributed by atoms with Gasteiger partial charge in [-0.25, -0.2) is 9.97 Å². The molecule has 0 aliphatic rings. The van der Waals surface area contributed by atoms with Gasteiger partial charge >= 0.3 is 0 Å². The van der Waals surface area contributed by atoms with Crippen LogP contribution in [0.25, 0.3) is 21.3 Å². The molecule has 8 heteroatoms. The zero-order valence-corrected chi connectivity index (χ0v) is 14.7. The van der Waals surface area contributed by atoms with E-state index < -0.39 is 5.97 Å². The number of hydrogen-bond acceptors (Lipinski definition) is 7. The topological polar surface area (TPSA) is 107 Å². The highest BCUT2D eigenvalue weighted by molar-refractivity contribution is 7.17. The third kappa shape index (κ3) is 4.34. The molecule has 2 aromatic heterocycles. The van der Waals surface area contributed by atoms with Gasteiger partial charge in [-0.2, -0.15) is 0 Å². The first-order valence-electron chi connectivity index (χ1n) is 8.13. The van der Waals surface area contributed by atoms with Gasteiger partial charge in [0.05, 0.1) is 5.39 Å². The number of hydrogen-bond donors (Lipinski definition) is 2. The van der Waals surface area contributed by atoms with Crippen molar-refractivity contribution in [2.24, 2.45) is 0 Å². The lowest BCUT2D eigenvalue weighted by atomic mass is 10.1. The Labute approximate surface area is 154 Å². The summed E-state index contributed by atoms with van der Waals surface area (Å²) in [7, 11) is 0. The van der Waals surface area contributed by atoms with Crippen molar-refractivity contribution in [2.45, 2.75) is 12.8 Å². The van der Waals surface area contributed by atoms with Crippen LogP contribution in [0.5, 0.6) is 0 Å². The molecule has 0 spiro atoms. The Morgan fingerprint density at radius 1 is 1.08 bits per heavy atom. The normalized spacial score (nSPS) is 10.6. The average Bonchev–Trinajstić information content (AvgIpc) is 3.09. The minimum atomic E-state index is -1.23. The van der Waals surface area contributed by atoms with E-state index in [1.807, 2.05) is 30.3 Å². The van der Waals surface area contributed by atoms with Crippen LogP contribution >= 0.6 is 11.3 Å². The summed E-state index contributed by atoms with van der Waals surface area (Å²) in [4.78, 5) is 31.4. The van der Waals surface area contributed by atoms with Crippen molar-refractivity contribution in [1.82, 2.24) is 15.3 Å². The maximum atomic E-state index is 11.5. The molecule has 26 heavy (non-hydrogen) atoms. The van der Waals surface area contributed by atoms with Crippen molar-refractivity contribution in [3.8, 4) is 11.1 Å². The lowest BCUT2D eigenvalue weighted by Gasteiger charge is -2.09. The lowest BCUT2D eigenvalue weighted by molar-refractivity contribution is -0.305. The van der Waals surface area contributed by atoms with E-state index in [0.717, 1.165) is 21.3 Å². The molecule has 3 rings (SSSR count). The summed E-state index contributed by atoms with van der Waals surface area (Å²) >= 11 is 1.55. The van der Waals surface area contributed by atoms with Gasteiger partial charge in [0.2, 0.25) is 5.91 Å². The highest BCUT2D eigenvalue weighted by Crippen LogP contribution is 2.36. The number of benzene rings is 1. The molecule has 0 bridgehead atoms. The van der Waals surface area contributed by atoms with E-state index in [2.05, 4.69) is 26.0 Å². The molecule has 0 atom stereocenters. The van der Waals surface area contributed by atoms with Gasteiger partial charge < -0.3 is 20.5 Å². The Kier molecular flexibility index (Phi) is 5.75. The third-order valence-corrected chi connectivity index (χ3v) is 4.64. The van der Waals surface area contributed by atoms with Gasteiger partial charge in [0.1, 0.15) is 17.0 Å². The van der Waals surface area contributed by atoms with Crippen LogP contribution in [0.1, 0.15) is 12.8 Å². The van der Waals surface area contributed by atoms with Gasteiger partial charge in [0, 0.05) is 36.4 Å². The summed E-state index contributed by atoms with van der Waals surface area (Å²) < 4.78 is 0. The number of carboxylic acids is 1. The Hall–Kier alpha value is -3.00. The summed E-state index contributed by atoms with van der Waals surface area (Å²) in [5.74, 6) is -0.837. The van der Waals surface area contributed by atoms with Crippen LogP contribution in [0.2, 0.25) is 0 Å². The molecular weight excluding hydrogens is 352 g/mol. The Bertz CT molecular complexity index is 911. The van der Waals surface area contributed by atoms with E-state index in [0.29, 0.717) is 18.9 Å². The molecule has 0 aliphatic carbocycles. The van der Waals surface area contributed by atoms with Gasteiger partial charge in [-0.3, -0.25) is 4.79 Å². The van der Waals surface area contributed by atoms with E-state index in [-0.39, 0.29) is 18.7 Å². The smallest absolute Gasteiger partial charge is 0.220 e. The zero-order chi connectivity index (χ0) is 18.4. The van der Waals surface area contributed by atoms with Crippen LogP contribution in [-0.4, -0.2) is 34.9 Å². The summed E-state index contributed by atoms with van der Waals surface area (Å²) in [5.41, 5.74) is 2.15. The second-order valence-corrected chi connectivity index (χ2v) is 6.42. The molecule has 0 radical (unpaired) electrons. The summed E-state index contributed by atoms with van der Waals surface area (Å²) in [6.45, 7) is 0.829. The monoisotopic (exact) mass is 369 g/mol. The van der Waals surface area contributed by atoms with E-state index in [1.165, 1.54) is 6.33 Å². The van der Waals surface area contributed by atoms with E-state index >= 15 is 0 Å². The largest absolute Gasteiger partial charge is 0.550 e. The fourth-order valence-electron chi connectivity index (χ4n) is 2.53. The van der Waals surface area contributed by atoms with Crippen LogP contribution in [0.3, 0.4) is 0 Å². The Balaban J connectivity index is 1.66. The molecule has 2 N–H and O–H groups in total. The maximum Gasteiger partial charge on any atom is 0.220 e. The molecule has 2 heterocycles. The average molecular weight is 369 g/mol. The molecule has 0 saturated carbocycles. The number of carbonyl (C=O) groups is 2. The van der Waals surface area contributed by atoms with Crippen LogP contribution in [0.15, 0.2) is 42.0 Å². The quantitative estimate of drug-likeness (QED) is 0.582. The predicted molar refractivity (Wildman–Crippen MR) is 98.6 cm³/mol. The van der Waals surface area contributed by atoms with E-state index in [4.69, 9.17) is 0 Å². The number of carboxylic acid groups (broad SMARTS) is 1. The number of anilines is 1. The van der Waals surface area contributed by atoms with Crippen molar-refractivity contribution in [1.29, 1.82) is 0 Å². The SMILES string of the molecule is O=C([O-])CCC(=O)NCCNc1ncnc2scc(-c3ccccc3)c12. The molecule has 0 saturated heterocycles. The number of aliphatic carboxylic acids is 1. The van der Waals surface area contributed by atoms with Crippen LogP contribution in [-0.2, 0) is 9.59 Å². The molecule has 134 valence electrons. The summed E-state index contributed by atoms with van der Waals surface area (Å²) in [5, 5.41) is 19.2. The van der Waals surface area contributed by atoms with Crippen molar-refractivity contribution < 1.29 is 14.7 Å². The second kappa shape index (κ2) is 8.39. The minimum Gasteiger partial charge on any atom is -0.550 e. The van der Waals surface area contributed by atoms with Crippen molar-refractivity contribution in [2.75, 3.05) is 18.4 Å². The number of carbonyl (C=O) groups excluding carboxylic acids is 2. The zero-order valence-electron chi connectivity index (χ0n) is 13.9. The number of fused-ring (bicyclic) bond motifs is 1. The lowest BCUT2D eigenvalue weighted by Crippen LogP contribution is -2.31. The standard InChI is InChI=1S/C18H18N4O3S/c23-14(6-7-15(24)25)19-8-9-20-17-16-13(12-4-2-1-3-5-12)10-26-18(16)22-11-21-17/h1-5,10-11H,6-9H2,(H,19,23)(H,24,25)(H,20,21,22)/p-1. The summed E-state index contributed by atoms with van der Waals surface area (Å²) in [6.07, 6.45) is 1.15. The van der Waals surface area contributed by atoms with Gasteiger partial charge in [-0.15, -0.1) is 11.3 Å². The number of nitrogens with zero attached hydrogens (tertiary/aromatic N) is 2. The van der Waals surface area contributed by atoms with Gasteiger partial charge in [-0.1, -0.05) is 30.3 Å². The number of amides is 1. The first-order valence-corrected chi connectivity index (χ1v) is 9.01. The first kappa shape index (κ1) is 17.8. The number of thiophene rings is 1. The van der Waals surface area contributed by atoms with Gasteiger partial charge in [-0.05, 0) is 12.0 Å². The van der Waals surface area contributed by atoms with Gasteiger partial charge in [0.25, 0.3) is 0 Å². The van der Waals surface area contributed by atoms with Gasteiger partial charge in [0.15, 0.2) is 0 Å². The second-order valence-electron chi connectivity index (χ2n) is 5.57. The molecule has 1 amide bonds. The van der Waals surface area contributed by atoms with Crippen molar-refractivity contribution in [3.63, 3.8) is 0 Å². The van der Waals surface area contributed by atoms with E-state index in [1.54, 1.807) is 11.3 Å². The van der Waals surface area contributed by atoms with E-state index in [9.17, 15) is 14.7 Å². The predicted octanol–water partition coefficient (Wildman–Crippen LogP) is 1.42. The number of aromatic nitrogens is 2. The molecule has 0 unspecified atom stereocenters. The van der Waals surface area contributed by atoms with Crippen LogP contribution < -0.4 is 15.7 Å². The molecule has 0 aliphatic heterocycles. The Morgan fingerprint density at radius 3 is 2.65 bits per heavy atom. The van der Waals surface area contributed by atoms with Crippen LogP contribution in [0, 0.1) is 0 Å². The maximum absolute atomic E-state index is 11.5. The molecule has 1 aromatic carbocycles. The number of nitrogens with one attached hydrogen (secondary N) is 2. The first-order chi connectivity index (χ1) is 12.6. The molecule has 3 aromatic rings. The number of rotatable bonds is 8. The van der Waals surface area contributed by atoms with Crippen molar-refractivity contribution >= 4 is 39.2 Å². The molecular formula is C18H17N4O3S-. The minimum absolute atomic E-state index is 0.0806. The summed E-state index contributed by atoms with van der Waals surface area (Å²) in [6, 6.07) is 10.0. The molecule has 0 fully saturated rings.